The van der Waals surface area contributed by atoms with Crippen molar-refractivity contribution in [2.45, 2.75) is 39.5 Å². The number of esters is 1. The number of aryl methyl sites for hydroxylation is 1. The zero-order valence-electron chi connectivity index (χ0n) is 21.3. The number of carbonyl (C=O) groups excluding carboxylic acids is 2. The molecule has 0 atom stereocenters. The molecule has 1 N–H and O–H groups in total. The molecule has 186 valence electrons. The summed E-state index contributed by atoms with van der Waals surface area (Å²) < 4.78 is 10.2. The van der Waals surface area contributed by atoms with Gasteiger partial charge < -0.3 is 19.9 Å². The Hall–Kier alpha value is -2.44. The monoisotopic (exact) mass is 543 g/mol. The fraction of sp³-hybridized carbons (Fsp3) is 0.333. The number of hydrogen-bond acceptors (Lipinski definition) is 9. The minimum Gasteiger partial charge on any atom is -0.870 e. The van der Waals surface area contributed by atoms with Gasteiger partial charge in [0.05, 0.1) is 19.3 Å². The molecule has 1 heterocycles. The molecule has 0 aliphatic heterocycles. The molecule has 0 amide bonds. The molecule has 1 aromatic carbocycles. The maximum Gasteiger partial charge on any atom is 1.00 e. The number of carbonyl (C=O) groups is 2. The summed E-state index contributed by atoms with van der Waals surface area (Å²) in [4.78, 5) is 26.5. The van der Waals surface area contributed by atoms with Crippen molar-refractivity contribution < 1.29 is 75.6 Å². The molecular weight excluding hydrogens is 517 g/mol. The molecule has 0 bridgehead atoms. The normalized spacial score (nSPS) is 13.3. The molecule has 8 nitrogen and oxygen atoms in total. The molecule has 1 aromatic heterocycles. The average Bonchev–Trinajstić information content (AvgIpc) is 3.24. The van der Waals surface area contributed by atoms with Crippen LogP contribution in [0, 0.1) is 28.6 Å². The van der Waals surface area contributed by atoms with E-state index in [1.54, 1.807) is 18.2 Å². The van der Waals surface area contributed by atoms with Crippen molar-refractivity contribution in [2.24, 2.45) is 5.92 Å². The number of anilines is 1. The molecule has 0 fully saturated rings. The summed E-state index contributed by atoms with van der Waals surface area (Å²) in [5.41, 5.74) is 0.576. The average molecular weight is 544 g/mol. The maximum atomic E-state index is 13.3. The van der Waals surface area contributed by atoms with Gasteiger partial charge in [0.1, 0.15) is 28.5 Å². The smallest absolute Gasteiger partial charge is 0.870 e. The van der Waals surface area contributed by atoms with Gasteiger partial charge in [0, 0.05) is 22.2 Å². The summed E-state index contributed by atoms with van der Waals surface area (Å²) in [5.74, 6) is -2.01. The molecule has 0 spiro atoms. The number of ether oxygens (including phenoxy) is 2. The number of nitriles is 2. The van der Waals surface area contributed by atoms with Crippen molar-refractivity contribution in [3.8, 4) is 17.9 Å². The molecule has 10 heteroatoms. The third-order valence-corrected chi connectivity index (χ3v) is 6.72. The molecule has 0 saturated heterocycles. The van der Waals surface area contributed by atoms with Gasteiger partial charge in [-0.2, -0.15) is 10.5 Å². The summed E-state index contributed by atoms with van der Waals surface area (Å²) in [6, 6.07) is 10.1. The van der Waals surface area contributed by atoms with Crippen LogP contribution in [0.4, 0.5) is 5.00 Å². The van der Waals surface area contributed by atoms with Gasteiger partial charge in [-0.3, -0.25) is 4.79 Å². The van der Waals surface area contributed by atoms with Gasteiger partial charge in [-0.25, -0.2) is 4.79 Å². The first-order valence-electron chi connectivity index (χ1n) is 11.5. The zero-order valence-corrected chi connectivity index (χ0v) is 25.3. The summed E-state index contributed by atoms with van der Waals surface area (Å²) in [5, 5.41) is 36.0. The van der Waals surface area contributed by atoms with Crippen LogP contribution in [0.15, 0.2) is 47.4 Å². The topological polar surface area (TPSA) is 135 Å². The number of nitrogens with zero attached hydrogens (tertiary/aromatic N) is 2. The van der Waals surface area contributed by atoms with Gasteiger partial charge in [0.15, 0.2) is 5.78 Å². The quantitative estimate of drug-likeness (QED) is 0.0942. The number of methoxy groups -OCH3 is 1. The van der Waals surface area contributed by atoms with Crippen molar-refractivity contribution in [3.63, 3.8) is 0 Å². The molecular formula is C27H26KN3O5S. The van der Waals surface area contributed by atoms with Crippen LogP contribution in [0.5, 0.6) is 5.75 Å². The Labute approximate surface area is 263 Å². The minimum absolute atomic E-state index is 0. The number of allylic oxidation sites excluding steroid dienone is 1. The third-order valence-electron chi connectivity index (χ3n) is 5.52. The van der Waals surface area contributed by atoms with Gasteiger partial charge in [-0.1, -0.05) is 19.6 Å². The van der Waals surface area contributed by atoms with E-state index in [1.807, 2.05) is 13.8 Å². The molecule has 37 heavy (non-hydrogen) atoms. The van der Waals surface area contributed by atoms with Crippen LogP contribution in [-0.4, -0.2) is 25.5 Å². The zero-order chi connectivity index (χ0) is 26.2. The Kier molecular flexibility index (Phi) is 12.0. The molecule has 2 aromatic rings. The molecule has 3 rings (SSSR count). The van der Waals surface area contributed by atoms with Crippen molar-refractivity contribution >= 4 is 28.1 Å². The second kappa shape index (κ2) is 14.5. The number of benzene rings is 1. The second-order valence-electron chi connectivity index (χ2n) is 8.61. The van der Waals surface area contributed by atoms with Crippen molar-refractivity contribution in [2.75, 3.05) is 19.0 Å². The molecule has 1 aliphatic rings. The number of fused-ring (bicyclic) bond motifs is 1. The largest absolute Gasteiger partial charge is 1.00 e. The van der Waals surface area contributed by atoms with Crippen LogP contribution in [0.1, 0.15) is 53.1 Å². The summed E-state index contributed by atoms with van der Waals surface area (Å²) in [6.07, 6.45) is 4.58. The summed E-state index contributed by atoms with van der Waals surface area (Å²) in [6.45, 7) is 3.68. The number of hydrogen-bond donors (Lipinski definition) is 1. The van der Waals surface area contributed by atoms with E-state index in [4.69, 9.17) is 9.47 Å². The van der Waals surface area contributed by atoms with Gasteiger partial charge in [0.25, 0.3) is 0 Å². The van der Waals surface area contributed by atoms with E-state index >= 15 is 0 Å². The van der Waals surface area contributed by atoms with Crippen LogP contribution in [0.25, 0.3) is 0 Å². The van der Waals surface area contributed by atoms with Crippen LogP contribution in [0.3, 0.4) is 0 Å². The first kappa shape index (κ1) is 30.8. The van der Waals surface area contributed by atoms with E-state index in [0.29, 0.717) is 16.3 Å². The summed E-state index contributed by atoms with van der Waals surface area (Å²) >= 11 is 1.34. The predicted octanol–water partition coefficient (Wildman–Crippen LogP) is 1.03. The number of thiophene rings is 1. The van der Waals surface area contributed by atoms with E-state index in [2.05, 4.69) is 11.4 Å². The van der Waals surface area contributed by atoms with Crippen molar-refractivity contribution in [1.82, 2.24) is 0 Å². The fourth-order valence-electron chi connectivity index (χ4n) is 3.66. The van der Waals surface area contributed by atoms with Crippen LogP contribution < -0.4 is 66.5 Å². The van der Waals surface area contributed by atoms with E-state index in [1.165, 1.54) is 30.6 Å². The van der Waals surface area contributed by atoms with Crippen LogP contribution in [0.2, 0.25) is 0 Å². The molecule has 0 unspecified atom stereocenters. The summed E-state index contributed by atoms with van der Waals surface area (Å²) in [7, 11) is 1.50. The Balaban J connectivity index is 0.00000481. The molecule has 0 saturated carbocycles. The molecule has 0 radical (unpaired) electrons. The van der Waals surface area contributed by atoms with E-state index in [9.17, 15) is 25.2 Å². The van der Waals surface area contributed by atoms with Crippen molar-refractivity contribution in [3.05, 3.63) is 68.9 Å². The van der Waals surface area contributed by atoms with E-state index in [-0.39, 0.29) is 75.2 Å². The van der Waals surface area contributed by atoms with Gasteiger partial charge in [-0.15, -0.1) is 11.3 Å². The molecule has 1 aliphatic carbocycles. The van der Waals surface area contributed by atoms with Gasteiger partial charge >= 0.3 is 57.4 Å². The Bertz CT molecular complexity index is 1300. The maximum absolute atomic E-state index is 13.3. The van der Waals surface area contributed by atoms with Gasteiger partial charge in [0.2, 0.25) is 0 Å². The first-order chi connectivity index (χ1) is 17.3. The van der Waals surface area contributed by atoms with E-state index < -0.39 is 23.1 Å². The first-order valence-corrected chi connectivity index (χ1v) is 12.3. The Morgan fingerprint density at radius 3 is 2.46 bits per heavy atom. The van der Waals surface area contributed by atoms with Crippen LogP contribution >= 0.6 is 11.3 Å². The number of nitrogens with one attached hydrogen (secondary N) is 1. The number of ketones is 1. The fourth-order valence-corrected chi connectivity index (χ4v) is 4.91. The second-order valence-corrected chi connectivity index (χ2v) is 9.72. The third kappa shape index (κ3) is 7.78. The van der Waals surface area contributed by atoms with Gasteiger partial charge in [-0.05, 0) is 61.4 Å². The standard InChI is InChI=1S/C27H27N3O5S.K/c1-16(2)15-35-27(33)21(14-29)25(32)22(12-23(31)17-8-10-18(34-3)11-9-17)30-26-20(13-28)19-6-4-5-7-24(19)36-26;/h8-12,16,30,32H,4-7,15H2,1-3H3;/q;+1/p-1. The predicted molar refractivity (Wildman–Crippen MR) is 133 cm³/mol. The SMILES string of the molecule is COc1ccc(C(=O)C=C(Nc2sc3c(c2C#N)CCCC3)C([O-])=C(C#N)C(=O)OCC(C)C)cc1.[K+]. The Morgan fingerprint density at radius 1 is 1.19 bits per heavy atom. The Morgan fingerprint density at radius 2 is 1.86 bits per heavy atom. The van der Waals surface area contributed by atoms with Crippen LogP contribution in [-0.2, 0) is 22.4 Å². The van der Waals surface area contributed by atoms with Crippen molar-refractivity contribution in [1.29, 1.82) is 10.5 Å². The minimum atomic E-state index is -1.06. The number of rotatable bonds is 9. The van der Waals surface area contributed by atoms with E-state index in [0.717, 1.165) is 42.2 Å².